The fraction of sp³-hybridized carbons (Fsp3) is 0.150. The van der Waals surface area contributed by atoms with Gasteiger partial charge in [-0.05, 0) is 18.2 Å². The second-order valence-corrected chi connectivity index (χ2v) is 5.98. The molecule has 0 aliphatic heterocycles. The number of rotatable bonds is 5. The molecular weight excluding hydrogens is 346 g/mol. The smallest absolute Gasteiger partial charge is 0.291 e. The van der Waals surface area contributed by atoms with E-state index in [0.29, 0.717) is 34.1 Å². The lowest BCUT2D eigenvalue weighted by Crippen LogP contribution is -2.14. The highest BCUT2D eigenvalue weighted by atomic mass is 16.5. The number of aromatic nitrogens is 2. The number of fused-ring (bicyclic) bond motifs is 1. The first kappa shape index (κ1) is 17.0. The number of hydrogen-bond acceptors (Lipinski definition) is 6. The Bertz CT molecular complexity index is 1110. The van der Waals surface area contributed by atoms with Gasteiger partial charge in [0.05, 0.1) is 12.3 Å². The zero-order chi connectivity index (χ0) is 18.8. The summed E-state index contributed by atoms with van der Waals surface area (Å²) >= 11 is 0. The molecule has 7 heteroatoms. The van der Waals surface area contributed by atoms with Crippen molar-refractivity contribution in [2.24, 2.45) is 0 Å². The summed E-state index contributed by atoms with van der Waals surface area (Å²) in [6.07, 6.45) is 0. The van der Waals surface area contributed by atoms with Gasteiger partial charge in [0.1, 0.15) is 5.58 Å². The molecule has 2 heterocycles. The van der Waals surface area contributed by atoms with E-state index in [4.69, 9.17) is 13.7 Å². The fourth-order valence-corrected chi connectivity index (χ4v) is 2.94. The third-order valence-corrected chi connectivity index (χ3v) is 4.14. The first-order valence-corrected chi connectivity index (χ1v) is 8.38. The number of nitrogens with zero attached hydrogens (tertiary/aromatic N) is 2. The van der Waals surface area contributed by atoms with Crippen molar-refractivity contribution >= 4 is 22.6 Å². The van der Waals surface area contributed by atoms with Gasteiger partial charge in [-0.25, -0.2) is 0 Å². The summed E-state index contributed by atoms with van der Waals surface area (Å²) in [4.78, 5) is 17.2. The highest BCUT2D eigenvalue weighted by Crippen LogP contribution is 2.29. The number of furan rings is 1. The Morgan fingerprint density at radius 3 is 2.70 bits per heavy atom. The maximum Gasteiger partial charge on any atom is 0.291 e. The van der Waals surface area contributed by atoms with E-state index < -0.39 is 0 Å². The summed E-state index contributed by atoms with van der Waals surface area (Å²) in [5.74, 6) is 0.707. The van der Waals surface area contributed by atoms with Crippen molar-refractivity contribution in [3.05, 3.63) is 65.7 Å². The molecule has 4 aromatic rings. The second-order valence-electron chi connectivity index (χ2n) is 5.98. The topological polar surface area (TPSA) is 90.4 Å². The molecule has 0 unspecified atom stereocenters. The van der Waals surface area contributed by atoms with Crippen LogP contribution in [0.3, 0.4) is 0 Å². The highest BCUT2D eigenvalue weighted by Gasteiger charge is 2.22. The molecule has 1 amide bonds. The number of ether oxygens (including phenoxy) is 1. The van der Waals surface area contributed by atoms with Gasteiger partial charge in [0.15, 0.2) is 5.76 Å². The maximum absolute atomic E-state index is 12.9. The molecule has 27 heavy (non-hydrogen) atoms. The lowest BCUT2D eigenvalue weighted by atomic mass is 10.1. The Balaban J connectivity index is 1.72. The number of methoxy groups -OCH3 is 1. The Kier molecular flexibility index (Phi) is 4.43. The average molecular weight is 363 g/mol. The lowest BCUT2D eigenvalue weighted by molar-refractivity contribution is 0.0992. The van der Waals surface area contributed by atoms with E-state index >= 15 is 0 Å². The van der Waals surface area contributed by atoms with Crippen molar-refractivity contribution < 1.29 is 18.5 Å². The molecule has 0 aliphatic carbocycles. The molecule has 4 rings (SSSR count). The SMILES string of the molecule is COCc1c(C(=O)Nc2ccccc2-c2noc(C)n2)oc2ccccc12. The molecule has 0 atom stereocenters. The molecular formula is C20H17N3O4. The molecule has 7 nitrogen and oxygen atoms in total. The van der Waals surface area contributed by atoms with E-state index in [9.17, 15) is 4.79 Å². The molecule has 136 valence electrons. The van der Waals surface area contributed by atoms with Gasteiger partial charge in [-0.2, -0.15) is 4.98 Å². The number of hydrogen-bond donors (Lipinski definition) is 1. The Labute approximate surface area is 154 Å². The van der Waals surface area contributed by atoms with Crippen molar-refractivity contribution in [2.45, 2.75) is 13.5 Å². The normalized spacial score (nSPS) is 11.0. The van der Waals surface area contributed by atoms with Gasteiger partial charge in [0.2, 0.25) is 11.7 Å². The molecule has 0 saturated carbocycles. The van der Waals surface area contributed by atoms with Crippen LogP contribution >= 0.6 is 0 Å². The molecule has 0 fully saturated rings. The van der Waals surface area contributed by atoms with Crippen LogP contribution < -0.4 is 5.32 Å². The molecule has 0 spiro atoms. The number of benzene rings is 2. The van der Waals surface area contributed by atoms with Crippen LogP contribution in [0.15, 0.2) is 57.5 Å². The number of amides is 1. The zero-order valence-corrected chi connectivity index (χ0v) is 14.9. The highest BCUT2D eigenvalue weighted by molar-refractivity contribution is 6.07. The number of aryl methyl sites for hydroxylation is 1. The fourth-order valence-electron chi connectivity index (χ4n) is 2.94. The average Bonchev–Trinajstić information content (AvgIpc) is 3.27. The zero-order valence-electron chi connectivity index (χ0n) is 14.9. The third-order valence-electron chi connectivity index (χ3n) is 4.14. The van der Waals surface area contributed by atoms with E-state index in [-0.39, 0.29) is 18.3 Å². The molecule has 0 aliphatic rings. The summed E-state index contributed by atoms with van der Waals surface area (Å²) < 4.78 is 16.1. The van der Waals surface area contributed by atoms with E-state index in [1.54, 1.807) is 20.1 Å². The Hall–Kier alpha value is -3.45. The van der Waals surface area contributed by atoms with E-state index in [1.165, 1.54) is 0 Å². The van der Waals surface area contributed by atoms with Gasteiger partial charge in [0, 0.05) is 30.5 Å². The number of para-hydroxylation sites is 2. The van der Waals surface area contributed by atoms with Gasteiger partial charge in [-0.15, -0.1) is 0 Å². The molecule has 0 saturated heterocycles. The number of carbonyl (C=O) groups excluding carboxylic acids is 1. The van der Waals surface area contributed by atoms with Crippen LogP contribution in [-0.2, 0) is 11.3 Å². The molecule has 2 aromatic carbocycles. The molecule has 1 N–H and O–H groups in total. The summed E-state index contributed by atoms with van der Waals surface area (Å²) in [6.45, 7) is 1.98. The van der Waals surface area contributed by atoms with Crippen LogP contribution in [0, 0.1) is 6.92 Å². The standard InChI is InChI=1S/C20H17N3O4/c1-12-21-19(23-27-12)14-8-3-5-9-16(14)22-20(24)18-15(11-25-2)13-7-4-6-10-17(13)26-18/h3-10H,11H2,1-2H3,(H,22,24). The van der Waals surface area contributed by atoms with E-state index in [0.717, 1.165) is 5.39 Å². The number of anilines is 1. The van der Waals surface area contributed by atoms with Crippen LogP contribution in [0.25, 0.3) is 22.4 Å². The van der Waals surface area contributed by atoms with Crippen molar-refractivity contribution in [1.82, 2.24) is 10.1 Å². The number of nitrogens with one attached hydrogen (secondary N) is 1. The van der Waals surface area contributed by atoms with Crippen molar-refractivity contribution in [3.8, 4) is 11.4 Å². The first-order valence-electron chi connectivity index (χ1n) is 8.38. The minimum absolute atomic E-state index is 0.220. The van der Waals surface area contributed by atoms with E-state index in [2.05, 4.69) is 15.5 Å². The second kappa shape index (κ2) is 7.05. The quantitative estimate of drug-likeness (QED) is 0.572. The molecule has 0 bridgehead atoms. The van der Waals surface area contributed by atoms with Gasteiger partial charge in [0.25, 0.3) is 5.91 Å². The summed E-state index contributed by atoms with van der Waals surface area (Å²) in [5, 5.41) is 7.67. The van der Waals surface area contributed by atoms with Crippen LogP contribution in [0.2, 0.25) is 0 Å². The predicted molar refractivity (Wildman–Crippen MR) is 99.4 cm³/mol. The minimum atomic E-state index is -0.370. The summed E-state index contributed by atoms with van der Waals surface area (Å²) in [6, 6.07) is 14.7. The summed E-state index contributed by atoms with van der Waals surface area (Å²) in [5.41, 5.74) is 2.56. The number of carbonyl (C=O) groups is 1. The lowest BCUT2D eigenvalue weighted by Gasteiger charge is -2.08. The Morgan fingerprint density at radius 2 is 1.93 bits per heavy atom. The van der Waals surface area contributed by atoms with Crippen LogP contribution in [-0.4, -0.2) is 23.2 Å². The molecule has 2 aromatic heterocycles. The predicted octanol–water partition coefficient (Wildman–Crippen LogP) is 4.19. The summed E-state index contributed by atoms with van der Waals surface area (Å²) in [7, 11) is 1.58. The van der Waals surface area contributed by atoms with Crippen LogP contribution in [0.4, 0.5) is 5.69 Å². The maximum atomic E-state index is 12.9. The molecule has 0 radical (unpaired) electrons. The van der Waals surface area contributed by atoms with Gasteiger partial charge >= 0.3 is 0 Å². The first-order chi connectivity index (χ1) is 13.2. The largest absolute Gasteiger partial charge is 0.451 e. The van der Waals surface area contributed by atoms with Crippen molar-refractivity contribution in [2.75, 3.05) is 12.4 Å². The van der Waals surface area contributed by atoms with Gasteiger partial charge in [-0.1, -0.05) is 35.5 Å². The van der Waals surface area contributed by atoms with Gasteiger partial charge < -0.3 is 19.0 Å². The van der Waals surface area contributed by atoms with Crippen LogP contribution in [0.5, 0.6) is 0 Å². The van der Waals surface area contributed by atoms with Crippen LogP contribution in [0.1, 0.15) is 22.0 Å². The van der Waals surface area contributed by atoms with Crippen molar-refractivity contribution in [3.63, 3.8) is 0 Å². The van der Waals surface area contributed by atoms with Gasteiger partial charge in [-0.3, -0.25) is 4.79 Å². The third kappa shape index (κ3) is 3.20. The van der Waals surface area contributed by atoms with E-state index in [1.807, 2.05) is 42.5 Å². The monoisotopic (exact) mass is 363 g/mol. The minimum Gasteiger partial charge on any atom is -0.451 e. The van der Waals surface area contributed by atoms with Crippen molar-refractivity contribution in [1.29, 1.82) is 0 Å². The Morgan fingerprint density at radius 1 is 1.15 bits per heavy atom.